The summed E-state index contributed by atoms with van der Waals surface area (Å²) in [6, 6.07) is 0. The Balaban J connectivity index is 3.51. The zero-order chi connectivity index (χ0) is 13.8. The molecule has 0 spiro atoms. The molecule has 0 aliphatic heterocycles. The Morgan fingerprint density at radius 1 is 0.889 bits per heavy atom. The van der Waals surface area contributed by atoms with E-state index in [-0.39, 0.29) is 0 Å². The summed E-state index contributed by atoms with van der Waals surface area (Å²) in [5.41, 5.74) is 0. The summed E-state index contributed by atoms with van der Waals surface area (Å²) in [6.07, 6.45) is 2.30. The highest BCUT2D eigenvalue weighted by Crippen LogP contribution is 1.90. The molecule has 108 valence electrons. The van der Waals surface area contributed by atoms with Crippen molar-refractivity contribution in [1.29, 1.82) is 0 Å². The molecule has 0 aromatic rings. The van der Waals surface area contributed by atoms with Gasteiger partial charge < -0.3 is 19.3 Å². The van der Waals surface area contributed by atoms with Gasteiger partial charge in [0.15, 0.2) is 5.96 Å². The van der Waals surface area contributed by atoms with Gasteiger partial charge in [0.05, 0.1) is 26.4 Å². The van der Waals surface area contributed by atoms with E-state index in [0.29, 0.717) is 26.4 Å². The number of rotatable bonds is 9. The number of hydrogen-bond donors (Lipinski definition) is 0. The van der Waals surface area contributed by atoms with Crippen LogP contribution in [0.15, 0.2) is 4.99 Å². The zero-order valence-electron chi connectivity index (χ0n) is 12.6. The lowest BCUT2D eigenvalue weighted by Crippen LogP contribution is -2.35. The number of nitrogens with zero attached hydrogens (tertiary/aromatic N) is 3. The first kappa shape index (κ1) is 17.2. The summed E-state index contributed by atoms with van der Waals surface area (Å²) in [4.78, 5) is 8.46. The quantitative estimate of drug-likeness (QED) is 0.355. The van der Waals surface area contributed by atoms with Gasteiger partial charge in [-0.05, 0) is 6.42 Å². The monoisotopic (exact) mass is 259 g/mol. The molecule has 0 radical (unpaired) electrons. The molecule has 0 aromatic heterocycles. The molecule has 0 aliphatic rings. The summed E-state index contributed by atoms with van der Waals surface area (Å²) in [7, 11) is 7.95. The molecule has 5 heteroatoms. The molecule has 0 amide bonds. The lowest BCUT2D eigenvalue weighted by molar-refractivity contribution is 0.0497. The van der Waals surface area contributed by atoms with E-state index in [4.69, 9.17) is 9.47 Å². The molecule has 0 aliphatic carbocycles. The topological polar surface area (TPSA) is 37.3 Å². The van der Waals surface area contributed by atoms with Gasteiger partial charge in [0.1, 0.15) is 0 Å². The molecule has 0 N–H and O–H groups in total. The highest BCUT2D eigenvalue weighted by Gasteiger charge is 2.02. The molecule has 0 rings (SSSR count). The van der Waals surface area contributed by atoms with Crippen molar-refractivity contribution in [3.05, 3.63) is 0 Å². The van der Waals surface area contributed by atoms with Crippen LogP contribution in [-0.2, 0) is 9.47 Å². The summed E-state index contributed by atoms with van der Waals surface area (Å²) in [5.74, 6) is 0.956. The van der Waals surface area contributed by atoms with Crippen molar-refractivity contribution in [2.75, 3.05) is 61.2 Å². The van der Waals surface area contributed by atoms with Gasteiger partial charge in [-0.15, -0.1) is 0 Å². The van der Waals surface area contributed by atoms with Crippen molar-refractivity contribution in [2.45, 2.75) is 19.8 Å². The highest BCUT2D eigenvalue weighted by atomic mass is 16.5. The summed E-state index contributed by atoms with van der Waals surface area (Å²) >= 11 is 0. The smallest absolute Gasteiger partial charge is 0.195 e. The van der Waals surface area contributed by atoms with E-state index in [1.54, 1.807) is 0 Å². The van der Waals surface area contributed by atoms with E-state index in [1.165, 1.54) is 6.42 Å². The van der Waals surface area contributed by atoms with Crippen LogP contribution in [-0.4, -0.2) is 76.9 Å². The average Bonchev–Trinajstić information content (AvgIpc) is 2.30. The number of guanidine groups is 1. The Kier molecular flexibility index (Phi) is 10.8. The SMILES string of the molecule is CCCCOCCOCCN=C(N(C)C)N(C)C. The number of aliphatic imine (C=N–C) groups is 1. The normalized spacial score (nSPS) is 10.3. The van der Waals surface area contributed by atoms with Crippen molar-refractivity contribution in [3.63, 3.8) is 0 Å². The second-order valence-electron chi connectivity index (χ2n) is 4.55. The second kappa shape index (κ2) is 11.3. The van der Waals surface area contributed by atoms with Crippen LogP contribution in [0.5, 0.6) is 0 Å². The van der Waals surface area contributed by atoms with Crippen LogP contribution in [0.2, 0.25) is 0 Å². The van der Waals surface area contributed by atoms with Crippen molar-refractivity contribution in [1.82, 2.24) is 9.80 Å². The fraction of sp³-hybridized carbons (Fsp3) is 0.923. The van der Waals surface area contributed by atoms with Gasteiger partial charge in [-0.2, -0.15) is 0 Å². The predicted octanol–water partition coefficient (Wildman–Crippen LogP) is 1.30. The molecule has 0 unspecified atom stereocenters. The molecule has 18 heavy (non-hydrogen) atoms. The van der Waals surface area contributed by atoms with E-state index in [9.17, 15) is 0 Å². The molecule has 0 saturated heterocycles. The van der Waals surface area contributed by atoms with Crippen LogP contribution < -0.4 is 0 Å². The predicted molar refractivity (Wildman–Crippen MR) is 76.2 cm³/mol. The van der Waals surface area contributed by atoms with Gasteiger partial charge in [0.25, 0.3) is 0 Å². The molecule has 0 heterocycles. The number of unbranched alkanes of at least 4 members (excludes halogenated alkanes) is 1. The molecule has 0 atom stereocenters. The Labute approximate surface area is 112 Å². The average molecular weight is 259 g/mol. The maximum atomic E-state index is 5.45. The van der Waals surface area contributed by atoms with E-state index >= 15 is 0 Å². The van der Waals surface area contributed by atoms with Gasteiger partial charge in [-0.3, -0.25) is 4.99 Å². The third-order valence-corrected chi connectivity index (χ3v) is 2.30. The molecule has 0 saturated carbocycles. The Morgan fingerprint density at radius 3 is 1.94 bits per heavy atom. The molecule has 5 nitrogen and oxygen atoms in total. The van der Waals surface area contributed by atoms with Crippen molar-refractivity contribution >= 4 is 5.96 Å². The third-order valence-electron chi connectivity index (χ3n) is 2.30. The minimum Gasteiger partial charge on any atom is -0.379 e. The first-order valence-corrected chi connectivity index (χ1v) is 6.64. The highest BCUT2D eigenvalue weighted by molar-refractivity contribution is 5.79. The van der Waals surface area contributed by atoms with Crippen molar-refractivity contribution in [2.24, 2.45) is 4.99 Å². The third kappa shape index (κ3) is 9.24. The van der Waals surface area contributed by atoms with Gasteiger partial charge >= 0.3 is 0 Å². The lowest BCUT2D eigenvalue weighted by atomic mass is 10.4. The van der Waals surface area contributed by atoms with Gasteiger partial charge in [0.2, 0.25) is 0 Å². The van der Waals surface area contributed by atoms with E-state index < -0.39 is 0 Å². The van der Waals surface area contributed by atoms with Gasteiger partial charge in [0, 0.05) is 34.8 Å². The van der Waals surface area contributed by atoms with Crippen LogP contribution in [0.25, 0.3) is 0 Å². The van der Waals surface area contributed by atoms with Crippen LogP contribution in [0.1, 0.15) is 19.8 Å². The van der Waals surface area contributed by atoms with Gasteiger partial charge in [-0.1, -0.05) is 13.3 Å². The minimum atomic E-state index is 0.641. The molecular formula is C13H29N3O2. The van der Waals surface area contributed by atoms with Crippen molar-refractivity contribution < 1.29 is 9.47 Å². The largest absolute Gasteiger partial charge is 0.379 e. The minimum absolute atomic E-state index is 0.641. The first-order chi connectivity index (χ1) is 8.59. The maximum Gasteiger partial charge on any atom is 0.195 e. The van der Waals surface area contributed by atoms with E-state index in [1.807, 2.05) is 38.0 Å². The Hall–Kier alpha value is -0.810. The van der Waals surface area contributed by atoms with E-state index in [2.05, 4.69) is 11.9 Å². The number of ether oxygens (including phenoxy) is 2. The molecule has 0 fully saturated rings. The standard InChI is InChI=1S/C13H29N3O2/c1-6-7-9-17-11-12-18-10-8-14-13(15(2)3)16(4)5/h6-12H2,1-5H3. The lowest BCUT2D eigenvalue weighted by Gasteiger charge is -2.22. The van der Waals surface area contributed by atoms with Crippen molar-refractivity contribution in [3.8, 4) is 0 Å². The first-order valence-electron chi connectivity index (χ1n) is 6.64. The summed E-state index contributed by atoms with van der Waals surface area (Å²) in [6.45, 7) is 5.65. The Bertz CT molecular complexity index is 208. The Morgan fingerprint density at radius 2 is 1.44 bits per heavy atom. The fourth-order valence-corrected chi connectivity index (χ4v) is 1.46. The van der Waals surface area contributed by atoms with Crippen LogP contribution in [0.4, 0.5) is 0 Å². The summed E-state index contributed by atoms with van der Waals surface area (Å²) < 4.78 is 10.9. The maximum absolute atomic E-state index is 5.45. The van der Waals surface area contributed by atoms with E-state index in [0.717, 1.165) is 19.0 Å². The zero-order valence-corrected chi connectivity index (χ0v) is 12.6. The summed E-state index contributed by atoms with van der Waals surface area (Å²) in [5, 5.41) is 0. The number of hydrogen-bond acceptors (Lipinski definition) is 3. The molecule has 0 aromatic carbocycles. The van der Waals surface area contributed by atoms with Crippen LogP contribution in [0.3, 0.4) is 0 Å². The van der Waals surface area contributed by atoms with Crippen LogP contribution >= 0.6 is 0 Å². The second-order valence-corrected chi connectivity index (χ2v) is 4.55. The molecular weight excluding hydrogens is 230 g/mol. The van der Waals surface area contributed by atoms with Gasteiger partial charge in [-0.25, -0.2) is 0 Å². The molecule has 0 bridgehead atoms. The van der Waals surface area contributed by atoms with Crippen LogP contribution in [0, 0.1) is 0 Å². The fourth-order valence-electron chi connectivity index (χ4n) is 1.46.